The zero-order valence-electron chi connectivity index (χ0n) is 7.04. The average Bonchev–Trinajstić information content (AvgIpc) is 2.32. The smallest absolute Gasteiger partial charge is 0.316 e. The van der Waals surface area contributed by atoms with Gasteiger partial charge in [0, 0.05) is 6.54 Å². The molecule has 0 bridgehead atoms. The average molecular weight is 171 g/mol. The number of carbonyl (C=O) groups excluding carboxylic acids is 1. The lowest BCUT2D eigenvalue weighted by atomic mass is 9.92. The van der Waals surface area contributed by atoms with E-state index in [2.05, 4.69) is 5.32 Å². The van der Waals surface area contributed by atoms with Gasteiger partial charge in [-0.2, -0.15) is 0 Å². The maximum Gasteiger partial charge on any atom is 0.316 e. The highest BCUT2D eigenvalue weighted by Crippen LogP contribution is 2.22. The van der Waals surface area contributed by atoms with Gasteiger partial charge in [0.15, 0.2) is 0 Å². The van der Waals surface area contributed by atoms with Crippen molar-refractivity contribution in [1.82, 2.24) is 5.32 Å². The molecule has 0 unspecified atom stereocenters. The van der Waals surface area contributed by atoms with E-state index >= 15 is 0 Å². The first-order chi connectivity index (χ1) is 5.66. The van der Waals surface area contributed by atoms with Crippen LogP contribution >= 0.6 is 0 Å². The zero-order chi connectivity index (χ0) is 9.14. The Morgan fingerprint density at radius 3 is 2.92 bits per heavy atom. The SMILES string of the molecule is CCC[C@H]1CNC(=O)[C@@H]1C(=O)O. The van der Waals surface area contributed by atoms with Crippen LogP contribution in [-0.2, 0) is 9.59 Å². The minimum atomic E-state index is -0.997. The Kier molecular flexibility index (Phi) is 2.68. The molecule has 1 rings (SSSR count). The monoisotopic (exact) mass is 171 g/mol. The molecule has 0 aromatic rings. The van der Waals surface area contributed by atoms with Gasteiger partial charge in [0.2, 0.25) is 5.91 Å². The summed E-state index contributed by atoms with van der Waals surface area (Å²) in [4.78, 5) is 21.6. The van der Waals surface area contributed by atoms with Crippen LogP contribution in [0.4, 0.5) is 0 Å². The van der Waals surface area contributed by atoms with E-state index in [9.17, 15) is 9.59 Å². The molecule has 0 radical (unpaired) electrons. The number of nitrogens with one attached hydrogen (secondary N) is 1. The van der Waals surface area contributed by atoms with Gasteiger partial charge < -0.3 is 10.4 Å². The third kappa shape index (κ3) is 1.57. The van der Waals surface area contributed by atoms with Crippen molar-refractivity contribution in [2.45, 2.75) is 19.8 Å². The predicted molar refractivity (Wildman–Crippen MR) is 42.5 cm³/mol. The fraction of sp³-hybridized carbons (Fsp3) is 0.750. The van der Waals surface area contributed by atoms with Gasteiger partial charge in [0.05, 0.1) is 0 Å². The summed E-state index contributed by atoms with van der Waals surface area (Å²) in [5.74, 6) is -2.16. The number of aliphatic carboxylic acids is 1. The molecule has 1 heterocycles. The molecule has 1 saturated heterocycles. The molecule has 4 heteroatoms. The van der Waals surface area contributed by atoms with Crippen molar-refractivity contribution in [3.63, 3.8) is 0 Å². The van der Waals surface area contributed by atoms with Crippen molar-refractivity contribution in [2.75, 3.05) is 6.54 Å². The number of rotatable bonds is 3. The third-order valence-corrected chi connectivity index (χ3v) is 2.22. The van der Waals surface area contributed by atoms with E-state index in [-0.39, 0.29) is 11.8 Å². The van der Waals surface area contributed by atoms with Gasteiger partial charge >= 0.3 is 5.97 Å². The van der Waals surface area contributed by atoms with Crippen LogP contribution < -0.4 is 5.32 Å². The maximum absolute atomic E-state index is 11.0. The van der Waals surface area contributed by atoms with Crippen molar-refractivity contribution >= 4 is 11.9 Å². The second-order valence-electron chi connectivity index (χ2n) is 3.11. The lowest BCUT2D eigenvalue weighted by Crippen LogP contribution is -2.27. The number of carboxylic acid groups (broad SMARTS) is 1. The largest absolute Gasteiger partial charge is 0.481 e. The second-order valence-corrected chi connectivity index (χ2v) is 3.11. The van der Waals surface area contributed by atoms with E-state index in [1.807, 2.05) is 6.92 Å². The molecular formula is C8H13NO3. The van der Waals surface area contributed by atoms with Gasteiger partial charge in [-0.3, -0.25) is 9.59 Å². The van der Waals surface area contributed by atoms with Crippen LogP contribution in [0.5, 0.6) is 0 Å². The summed E-state index contributed by atoms with van der Waals surface area (Å²) in [7, 11) is 0. The fourth-order valence-corrected chi connectivity index (χ4v) is 1.63. The van der Waals surface area contributed by atoms with E-state index in [0.29, 0.717) is 6.54 Å². The summed E-state index contributed by atoms with van der Waals surface area (Å²) < 4.78 is 0. The molecule has 12 heavy (non-hydrogen) atoms. The Morgan fingerprint density at radius 2 is 2.42 bits per heavy atom. The first-order valence-corrected chi connectivity index (χ1v) is 4.17. The molecular weight excluding hydrogens is 158 g/mol. The van der Waals surface area contributed by atoms with E-state index < -0.39 is 11.9 Å². The fourth-order valence-electron chi connectivity index (χ4n) is 1.63. The summed E-state index contributed by atoms with van der Waals surface area (Å²) in [6.07, 6.45) is 1.72. The van der Waals surface area contributed by atoms with Crippen molar-refractivity contribution in [3.05, 3.63) is 0 Å². The van der Waals surface area contributed by atoms with Crippen LogP contribution in [0.15, 0.2) is 0 Å². The van der Waals surface area contributed by atoms with Crippen molar-refractivity contribution in [2.24, 2.45) is 11.8 Å². The van der Waals surface area contributed by atoms with Crippen LogP contribution in [0.25, 0.3) is 0 Å². The Bertz CT molecular complexity index is 202. The van der Waals surface area contributed by atoms with Crippen LogP contribution in [0.3, 0.4) is 0 Å². The summed E-state index contributed by atoms with van der Waals surface area (Å²) in [5, 5.41) is 11.3. The van der Waals surface area contributed by atoms with Gasteiger partial charge in [0.25, 0.3) is 0 Å². The maximum atomic E-state index is 11.0. The first kappa shape index (κ1) is 9.03. The first-order valence-electron chi connectivity index (χ1n) is 4.17. The highest BCUT2D eigenvalue weighted by atomic mass is 16.4. The van der Waals surface area contributed by atoms with E-state index in [0.717, 1.165) is 12.8 Å². The standard InChI is InChI=1S/C8H13NO3/c1-2-3-5-4-9-7(10)6(5)8(11)12/h5-6H,2-4H2,1H3,(H,9,10)(H,11,12)/t5-,6+/m0/s1. The lowest BCUT2D eigenvalue weighted by molar-refractivity contribution is -0.146. The molecule has 0 aromatic heterocycles. The van der Waals surface area contributed by atoms with Crippen molar-refractivity contribution in [1.29, 1.82) is 0 Å². The highest BCUT2D eigenvalue weighted by Gasteiger charge is 2.39. The highest BCUT2D eigenvalue weighted by molar-refractivity contribution is 5.98. The molecule has 2 N–H and O–H groups in total. The summed E-state index contributed by atoms with van der Waals surface area (Å²) in [6.45, 7) is 2.51. The van der Waals surface area contributed by atoms with E-state index in [4.69, 9.17) is 5.11 Å². The molecule has 4 nitrogen and oxygen atoms in total. The summed E-state index contributed by atoms with van der Waals surface area (Å²) in [6, 6.07) is 0. The van der Waals surface area contributed by atoms with Crippen LogP contribution in [0.1, 0.15) is 19.8 Å². The van der Waals surface area contributed by atoms with Gasteiger partial charge in [-0.05, 0) is 12.3 Å². The number of amides is 1. The Balaban J connectivity index is 2.63. The molecule has 0 aliphatic carbocycles. The molecule has 0 saturated carbocycles. The zero-order valence-corrected chi connectivity index (χ0v) is 7.04. The van der Waals surface area contributed by atoms with E-state index in [1.54, 1.807) is 0 Å². The number of hydrogen-bond acceptors (Lipinski definition) is 2. The van der Waals surface area contributed by atoms with Gasteiger partial charge in [-0.25, -0.2) is 0 Å². The normalized spacial score (nSPS) is 28.6. The minimum Gasteiger partial charge on any atom is -0.481 e. The van der Waals surface area contributed by atoms with Gasteiger partial charge in [0.1, 0.15) is 5.92 Å². The van der Waals surface area contributed by atoms with Crippen LogP contribution in [-0.4, -0.2) is 23.5 Å². The topological polar surface area (TPSA) is 66.4 Å². The summed E-state index contributed by atoms with van der Waals surface area (Å²) >= 11 is 0. The molecule has 1 aliphatic heterocycles. The lowest BCUT2D eigenvalue weighted by Gasteiger charge is -2.10. The number of hydrogen-bond donors (Lipinski definition) is 2. The molecule has 1 aliphatic rings. The number of carbonyl (C=O) groups is 2. The van der Waals surface area contributed by atoms with Crippen LogP contribution in [0, 0.1) is 11.8 Å². The number of carboxylic acids is 1. The molecule has 0 spiro atoms. The van der Waals surface area contributed by atoms with E-state index in [1.165, 1.54) is 0 Å². The molecule has 1 amide bonds. The van der Waals surface area contributed by atoms with Crippen LogP contribution in [0.2, 0.25) is 0 Å². The Labute approximate surface area is 71.0 Å². The van der Waals surface area contributed by atoms with Gasteiger partial charge in [-0.1, -0.05) is 13.3 Å². The quantitative estimate of drug-likeness (QED) is 0.597. The second kappa shape index (κ2) is 3.56. The Hall–Kier alpha value is -1.06. The van der Waals surface area contributed by atoms with Crippen molar-refractivity contribution in [3.8, 4) is 0 Å². The molecule has 68 valence electrons. The predicted octanol–water partition coefficient (Wildman–Crippen LogP) is 0.233. The molecule has 2 atom stereocenters. The van der Waals surface area contributed by atoms with Gasteiger partial charge in [-0.15, -0.1) is 0 Å². The molecule has 1 fully saturated rings. The summed E-state index contributed by atoms with van der Waals surface area (Å²) in [5.41, 5.74) is 0. The van der Waals surface area contributed by atoms with Crippen molar-refractivity contribution < 1.29 is 14.7 Å². The Morgan fingerprint density at radius 1 is 1.75 bits per heavy atom. The molecule has 0 aromatic carbocycles. The minimum absolute atomic E-state index is 0.0139. The third-order valence-electron chi connectivity index (χ3n) is 2.22.